The fraction of sp³-hybridized carbons (Fsp3) is 0.214. The Hall–Kier alpha value is -1.54. The minimum absolute atomic E-state index is 0.205. The van der Waals surface area contributed by atoms with E-state index in [9.17, 15) is 0 Å². The molecule has 1 N–H and O–H groups in total. The average molecular weight is 247 g/mol. The van der Waals surface area contributed by atoms with Gasteiger partial charge in [0.05, 0.1) is 11.4 Å². The van der Waals surface area contributed by atoms with Gasteiger partial charge in [-0.1, -0.05) is 23.7 Å². The molecule has 0 bridgehead atoms. The molecule has 0 radical (unpaired) electrons. The van der Waals surface area contributed by atoms with E-state index in [-0.39, 0.29) is 6.04 Å². The highest BCUT2D eigenvalue weighted by Crippen LogP contribution is 2.22. The lowest BCUT2D eigenvalue weighted by atomic mass is 10.1. The molecule has 0 fully saturated rings. The Bertz CT molecular complexity index is 511. The summed E-state index contributed by atoms with van der Waals surface area (Å²) >= 11 is 5.98. The van der Waals surface area contributed by atoms with Crippen molar-refractivity contribution in [3.8, 4) is 0 Å². The molecule has 2 aromatic rings. The van der Waals surface area contributed by atoms with Gasteiger partial charge in [0.25, 0.3) is 0 Å². The number of aromatic nitrogens is 1. The normalized spacial score (nSPS) is 12.2. The summed E-state index contributed by atoms with van der Waals surface area (Å²) in [5.41, 5.74) is 3.22. The topological polar surface area (TPSA) is 24.9 Å². The molecule has 0 spiro atoms. The van der Waals surface area contributed by atoms with Crippen LogP contribution < -0.4 is 5.32 Å². The number of halogens is 1. The second kappa shape index (κ2) is 5.19. The number of hydrogen-bond acceptors (Lipinski definition) is 2. The minimum atomic E-state index is 0.205. The number of nitrogens with one attached hydrogen (secondary N) is 1. The summed E-state index contributed by atoms with van der Waals surface area (Å²) in [5.74, 6) is 0. The van der Waals surface area contributed by atoms with Crippen LogP contribution >= 0.6 is 11.6 Å². The van der Waals surface area contributed by atoms with Gasteiger partial charge in [-0.3, -0.25) is 4.98 Å². The molecule has 0 aliphatic rings. The number of rotatable bonds is 3. The zero-order valence-corrected chi connectivity index (χ0v) is 10.7. The Kier molecular flexibility index (Phi) is 3.64. The number of hydrogen-bond donors (Lipinski definition) is 1. The molecule has 1 aromatic carbocycles. The van der Waals surface area contributed by atoms with Gasteiger partial charge in [0, 0.05) is 17.3 Å². The highest BCUT2D eigenvalue weighted by Gasteiger charge is 2.07. The van der Waals surface area contributed by atoms with Gasteiger partial charge in [-0.2, -0.15) is 0 Å². The second-order valence-corrected chi connectivity index (χ2v) is 4.49. The van der Waals surface area contributed by atoms with Crippen molar-refractivity contribution in [3.63, 3.8) is 0 Å². The maximum Gasteiger partial charge on any atom is 0.0603 e. The lowest BCUT2D eigenvalue weighted by molar-refractivity contribution is 0.879. The number of nitrogens with zero attached hydrogens (tertiary/aromatic N) is 1. The maximum atomic E-state index is 5.98. The summed E-state index contributed by atoms with van der Waals surface area (Å²) in [4.78, 5) is 4.25. The molecule has 1 heterocycles. The van der Waals surface area contributed by atoms with Gasteiger partial charge in [0.15, 0.2) is 0 Å². The van der Waals surface area contributed by atoms with Crippen LogP contribution in [0.5, 0.6) is 0 Å². The number of aryl methyl sites for hydroxylation is 1. The Labute approximate surface area is 107 Å². The summed E-state index contributed by atoms with van der Waals surface area (Å²) in [6.45, 7) is 4.10. The fourth-order valence-corrected chi connectivity index (χ4v) is 1.93. The molecule has 3 heteroatoms. The fourth-order valence-electron chi connectivity index (χ4n) is 1.73. The van der Waals surface area contributed by atoms with E-state index in [1.54, 1.807) is 6.20 Å². The molecule has 0 saturated carbocycles. The van der Waals surface area contributed by atoms with Crippen molar-refractivity contribution < 1.29 is 0 Å². The van der Waals surface area contributed by atoms with E-state index in [2.05, 4.69) is 23.3 Å². The number of pyridine rings is 1. The van der Waals surface area contributed by atoms with Crippen molar-refractivity contribution in [2.24, 2.45) is 0 Å². The molecule has 0 saturated heterocycles. The quantitative estimate of drug-likeness (QED) is 0.877. The van der Waals surface area contributed by atoms with E-state index in [0.29, 0.717) is 0 Å². The number of anilines is 1. The van der Waals surface area contributed by atoms with Crippen LogP contribution in [0.1, 0.15) is 24.2 Å². The molecular formula is C14H15ClN2. The zero-order valence-electron chi connectivity index (χ0n) is 9.94. The smallest absolute Gasteiger partial charge is 0.0603 e. The molecule has 88 valence electrons. The molecule has 17 heavy (non-hydrogen) atoms. The Balaban J connectivity index is 2.17. The van der Waals surface area contributed by atoms with Gasteiger partial charge < -0.3 is 5.32 Å². The van der Waals surface area contributed by atoms with Crippen LogP contribution in [0, 0.1) is 6.92 Å². The molecule has 2 nitrogen and oxygen atoms in total. The first kappa shape index (κ1) is 11.9. The first-order valence-corrected chi connectivity index (χ1v) is 5.98. The van der Waals surface area contributed by atoms with Crippen LogP contribution in [0.15, 0.2) is 42.6 Å². The predicted octanol–water partition coefficient (Wildman–Crippen LogP) is 4.22. The van der Waals surface area contributed by atoms with Crippen molar-refractivity contribution in [1.82, 2.24) is 4.98 Å². The maximum absolute atomic E-state index is 5.98. The standard InChI is InChI=1S/C14H15ClN2/c1-10(12-5-3-6-13(15)9-12)17-14-7-4-8-16-11(14)2/h3-10,17H,1-2H3. The molecule has 2 rings (SSSR count). The molecule has 1 unspecified atom stereocenters. The average Bonchev–Trinajstić information content (AvgIpc) is 2.32. The Morgan fingerprint density at radius 2 is 2.06 bits per heavy atom. The molecule has 0 amide bonds. The summed E-state index contributed by atoms with van der Waals surface area (Å²) in [6, 6.07) is 12.1. The highest BCUT2D eigenvalue weighted by molar-refractivity contribution is 6.30. The third-order valence-corrected chi connectivity index (χ3v) is 2.96. The summed E-state index contributed by atoms with van der Waals surface area (Å²) < 4.78 is 0. The van der Waals surface area contributed by atoms with Gasteiger partial charge in [-0.15, -0.1) is 0 Å². The van der Waals surface area contributed by atoms with Crippen LogP contribution in [-0.4, -0.2) is 4.98 Å². The largest absolute Gasteiger partial charge is 0.377 e. The van der Waals surface area contributed by atoms with Crippen molar-refractivity contribution in [1.29, 1.82) is 0 Å². The molecule has 1 atom stereocenters. The van der Waals surface area contributed by atoms with E-state index < -0.39 is 0 Å². The van der Waals surface area contributed by atoms with E-state index in [1.807, 2.05) is 37.3 Å². The van der Waals surface area contributed by atoms with Gasteiger partial charge in [-0.25, -0.2) is 0 Å². The summed E-state index contributed by atoms with van der Waals surface area (Å²) in [7, 11) is 0. The molecule has 0 aliphatic carbocycles. The van der Waals surface area contributed by atoms with Crippen LogP contribution in [0.25, 0.3) is 0 Å². The van der Waals surface area contributed by atoms with E-state index in [0.717, 1.165) is 16.4 Å². The third-order valence-electron chi connectivity index (χ3n) is 2.73. The molecular weight excluding hydrogens is 232 g/mol. The molecule has 1 aromatic heterocycles. The second-order valence-electron chi connectivity index (χ2n) is 4.06. The van der Waals surface area contributed by atoms with Gasteiger partial charge >= 0.3 is 0 Å². The highest BCUT2D eigenvalue weighted by atomic mass is 35.5. The van der Waals surface area contributed by atoms with Gasteiger partial charge in [0.2, 0.25) is 0 Å². The van der Waals surface area contributed by atoms with Crippen molar-refractivity contribution in [3.05, 3.63) is 58.9 Å². The van der Waals surface area contributed by atoms with Gasteiger partial charge in [-0.05, 0) is 43.7 Å². The van der Waals surface area contributed by atoms with Crippen molar-refractivity contribution in [2.75, 3.05) is 5.32 Å². The van der Waals surface area contributed by atoms with Crippen LogP contribution in [0.3, 0.4) is 0 Å². The summed E-state index contributed by atoms with van der Waals surface area (Å²) in [5, 5.41) is 4.20. The predicted molar refractivity (Wildman–Crippen MR) is 72.5 cm³/mol. The third kappa shape index (κ3) is 2.98. The lowest BCUT2D eigenvalue weighted by Crippen LogP contribution is -2.08. The van der Waals surface area contributed by atoms with E-state index >= 15 is 0 Å². The summed E-state index contributed by atoms with van der Waals surface area (Å²) in [6.07, 6.45) is 1.80. The minimum Gasteiger partial charge on any atom is -0.377 e. The Morgan fingerprint density at radius 3 is 2.76 bits per heavy atom. The van der Waals surface area contributed by atoms with Crippen LogP contribution in [-0.2, 0) is 0 Å². The van der Waals surface area contributed by atoms with Crippen molar-refractivity contribution in [2.45, 2.75) is 19.9 Å². The first-order chi connectivity index (χ1) is 8.16. The Morgan fingerprint density at radius 1 is 1.24 bits per heavy atom. The van der Waals surface area contributed by atoms with Crippen LogP contribution in [0.2, 0.25) is 5.02 Å². The monoisotopic (exact) mass is 246 g/mol. The zero-order chi connectivity index (χ0) is 12.3. The SMILES string of the molecule is Cc1ncccc1NC(C)c1cccc(Cl)c1. The molecule has 0 aliphatic heterocycles. The van der Waals surface area contributed by atoms with E-state index in [1.165, 1.54) is 5.56 Å². The number of benzene rings is 1. The van der Waals surface area contributed by atoms with E-state index in [4.69, 9.17) is 11.6 Å². The first-order valence-electron chi connectivity index (χ1n) is 5.60. The van der Waals surface area contributed by atoms with Crippen LogP contribution in [0.4, 0.5) is 5.69 Å². The van der Waals surface area contributed by atoms with Gasteiger partial charge in [0.1, 0.15) is 0 Å². The lowest BCUT2D eigenvalue weighted by Gasteiger charge is -2.17. The van der Waals surface area contributed by atoms with Crippen molar-refractivity contribution >= 4 is 17.3 Å².